The largest absolute Gasteiger partial charge is 0.468 e. The number of rotatable bonds is 6. The summed E-state index contributed by atoms with van der Waals surface area (Å²) in [6.45, 7) is 16.2. The second-order valence-electron chi connectivity index (χ2n) is 18.0. The van der Waals surface area contributed by atoms with E-state index in [1.165, 1.54) is 12.7 Å². The van der Waals surface area contributed by atoms with Crippen LogP contribution in [0.4, 0.5) is 0 Å². The predicted molar refractivity (Wildman–Crippen MR) is 184 cm³/mol. The minimum absolute atomic E-state index is 0.0484. The van der Waals surface area contributed by atoms with Crippen LogP contribution in [0, 0.1) is 56.2 Å². The highest BCUT2D eigenvalue weighted by Gasteiger charge is 2.70. The third-order valence-electron chi connectivity index (χ3n) is 15.3. The first-order valence-electron chi connectivity index (χ1n) is 18.3. The molecule has 0 saturated heterocycles. The highest BCUT2D eigenvalue weighted by molar-refractivity contribution is 5.96. The van der Waals surface area contributed by atoms with Crippen LogP contribution in [0.2, 0.25) is 0 Å². The third-order valence-corrected chi connectivity index (χ3v) is 15.3. The Morgan fingerprint density at radius 1 is 0.875 bits per heavy atom. The van der Waals surface area contributed by atoms with Gasteiger partial charge in [-0.3, -0.25) is 19.2 Å². The molecular weight excluding hydrogens is 602 g/mol. The molecule has 48 heavy (non-hydrogen) atoms. The summed E-state index contributed by atoms with van der Waals surface area (Å²) < 4.78 is 10.7. The van der Waals surface area contributed by atoms with E-state index in [1.54, 1.807) is 0 Å². The first-order valence-corrected chi connectivity index (χ1v) is 18.3. The Hall–Kier alpha value is -2.96. The van der Waals surface area contributed by atoms with Crippen molar-refractivity contribution in [1.29, 1.82) is 0 Å². The number of methoxy groups -OCH3 is 1. The van der Waals surface area contributed by atoms with E-state index in [2.05, 4.69) is 53.8 Å². The number of ether oxygens (including phenoxy) is 2. The van der Waals surface area contributed by atoms with Gasteiger partial charge in [-0.05, 0) is 115 Å². The molecule has 6 rings (SSSR count). The van der Waals surface area contributed by atoms with Gasteiger partial charge >= 0.3 is 11.9 Å². The minimum Gasteiger partial charge on any atom is -0.468 e. The number of hydrogen-bond donors (Lipinski definition) is 1. The molecule has 7 heteroatoms. The van der Waals surface area contributed by atoms with Crippen molar-refractivity contribution < 1.29 is 28.7 Å². The van der Waals surface area contributed by atoms with Crippen molar-refractivity contribution in [2.24, 2.45) is 56.2 Å². The maximum absolute atomic E-state index is 14.8. The van der Waals surface area contributed by atoms with Gasteiger partial charge in [0.2, 0.25) is 5.91 Å². The van der Waals surface area contributed by atoms with Crippen LogP contribution in [-0.2, 0) is 35.3 Å². The SMILES string of the molecule is COC(=O)CNC(=O)[C@H]1CC[C@]2(C)[C@H]3C(=O)C=C4[C@@H]5C[C@@](C)(C(=O)OCc6ccccc6)CC[C@]5(C)CC[C@@]4(C)[C@]3(C)CC[C@H]2C1(C)C. The lowest BCUT2D eigenvalue weighted by Gasteiger charge is -2.70. The number of benzene rings is 1. The number of fused-ring (bicyclic) bond motifs is 7. The van der Waals surface area contributed by atoms with Gasteiger partial charge < -0.3 is 14.8 Å². The maximum Gasteiger partial charge on any atom is 0.325 e. The third kappa shape index (κ3) is 5.19. The van der Waals surface area contributed by atoms with E-state index in [0.29, 0.717) is 12.8 Å². The molecule has 4 fully saturated rings. The summed E-state index contributed by atoms with van der Waals surface area (Å²) in [7, 11) is 1.33. The average molecular weight is 660 g/mol. The summed E-state index contributed by atoms with van der Waals surface area (Å²) in [4.78, 5) is 53.7. The van der Waals surface area contributed by atoms with Crippen LogP contribution >= 0.6 is 0 Å². The van der Waals surface area contributed by atoms with Crippen LogP contribution in [0.1, 0.15) is 112 Å². The maximum atomic E-state index is 14.8. The fourth-order valence-corrected chi connectivity index (χ4v) is 12.1. The van der Waals surface area contributed by atoms with E-state index in [4.69, 9.17) is 9.47 Å². The molecule has 5 aliphatic rings. The molecule has 1 aromatic carbocycles. The van der Waals surface area contributed by atoms with Gasteiger partial charge in [-0.2, -0.15) is 0 Å². The Morgan fingerprint density at radius 3 is 2.25 bits per heavy atom. The fourth-order valence-electron chi connectivity index (χ4n) is 12.1. The second-order valence-corrected chi connectivity index (χ2v) is 18.0. The zero-order chi connectivity index (χ0) is 34.9. The van der Waals surface area contributed by atoms with E-state index in [1.807, 2.05) is 36.4 Å². The van der Waals surface area contributed by atoms with Crippen LogP contribution in [0.5, 0.6) is 0 Å². The summed E-state index contributed by atoms with van der Waals surface area (Å²) in [5.41, 5.74) is 0.748. The van der Waals surface area contributed by atoms with Crippen molar-refractivity contribution in [1.82, 2.24) is 5.32 Å². The van der Waals surface area contributed by atoms with Crippen LogP contribution in [0.3, 0.4) is 0 Å². The molecule has 0 spiro atoms. The molecule has 262 valence electrons. The van der Waals surface area contributed by atoms with E-state index in [-0.39, 0.29) is 81.6 Å². The first-order chi connectivity index (χ1) is 22.4. The van der Waals surface area contributed by atoms with Crippen LogP contribution in [0.25, 0.3) is 0 Å². The lowest BCUT2D eigenvalue weighted by Crippen LogP contribution is -2.66. The van der Waals surface area contributed by atoms with Crippen molar-refractivity contribution in [3.63, 3.8) is 0 Å². The Bertz CT molecular complexity index is 1520. The summed E-state index contributed by atoms with van der Waals surface area (Å²) in [5.74, 6) is -0.464. The van der Waals surface area contributed by atoms with Gasteiger partial charge in [-0.15, -0.1) is 0 Å². The lowest BCUT2D eigenvalue weighted by atomic mass is 9.33. The molecule has 0 radical (unpaired) electrons. The Morgan fingerprint density at radius 2 is 1.56 bits per heavy atom. The molecule has 0 unspecified atom stereocenters. The molecule has 7 nitrogen and oxygen atoms in total. The highest BCUT2D eigenvalue weighted by atomic mass is 16.5. The van der Waals surface area contributed by atoms with Gasteiger partial charge in [0.25, 0.3) is 0 Å². The Balaban J connectivity index is 1.28. The standard InChI is InChI=1S/C41H57NO6/c1-36(2)27(34(45)42-24-32(44)47-8)14-16-39(5)31(36)15-17-41(7)33(39)30(43)22-28-29-23-38(4,19-18-37(29,3)20-21-40(28,41)6)35(46)48-25-26-12-10-9-11-13-26/h9-13,22,27,29,31,33H,14-21,23-25H2,1-8H3,(H,42,45)/t27-,29+,31+,33-,37-,38+,39+,40-,41-/m1/s1. The summed E-state index contributed by atoms with van der Waals surface area (Å²) >= 11 is 0. The van der Waals surface area contributed by atoms with Gasteiger partial charge in [0.1, 0.15) is 13.2 Å². The highest BCUT2D eigenvalue weighted by Crippen LogP contribution is 2.75. The van der Waals surface area contributed by atoms with E-state index in [9.17, 15) is 19.2 Å². The van der Waals surface area contributed by atoms with Gasteiger partial charge in [-0.1, -0.05) is 77.4 Å². The normalized spacial score (nSPS) is 41.3. The molecule has 1 aromatic rings. The monoisotopic (exact) mass is 659 g/mol. The molecule has 9 atom stereocenters. The van der Waals surface area contributed by atoms with Crippen LogP contribution < -0.4 is 5.32 Å². The molecule has 1 amide bonds. The molecule has 0 bridgehead atoms. The molecule has 5 aliphatic carbocycles. The fraction of sp³-hybridized carbons (Fsp3) is 0.707. The van der Waals surface area contributed by atoms with Gasteiger partial charge in [0.05, 0.1) is 12.5 Å². The van der Waals surface area contributed by atoms with Crippen LogP contribution in [-0.4, -0.2) is 37.3 Å². The van der Waals surface area contributed by atoms with E-state index < -0.39 is 11.4 Å². The number of esters is 2. The molecular formula is C41H57NO6. The lowest BCUT2D eigenvalue weighted by molar-refractivity contribution is -0.195. The molecule has 0 aromatic heterocycles. The quantitative estimate of drug-likeness (QED) is 0.316. The van der Waals surface area contributed by atoms with Crippen molar-refractivity contribution in [3.8, 4) is 0 Å². The van der Waals surface area contributed by atoms with Gasteiger partial charge in [-0.25, -0.2) is 0 Å². The number of carbonyl (C=O) groups is 4. The Labute approximate surface area is 287 Å². The number of ketones is 1. The first kappa shape index (κ1) is 34.9. The van der Waals surface area contributed by atoms with Crippen LogP contribution in [0.15, 0.2) is 42.0 Å². The van der Waals surface area contributed by atoms with Crippen molar-refractivity contribution in [3.05, 3.63) is 47.5 Å². The molecule has 0 aliphatic heterocycles. The van der Waals surface area contributed by atoms with Crippen molar-refractivity contribution in [2.75, 3.05) is 13.7 Å². The number of allylic oxidation sites excluding steroid dienone is 2. The molecule has 1 N–H and O–H groups in total. The number of carbonyl (C=O) groups excluding carboxylic acids is 4. The Kier molecular flexibility index (Phi) is 8.60. The minimum atomic E-state index is -0.598. The van der Waals surface area contributed by atoms with Gasteiger partial charge in [0, 0.05) is 11.8 Å². The molecule has 0 heterocycles. The summed E-state index contributed by atoms with van der Waals surface area (Å²) in [5, 5.41) is 2.82. The smallest absolute Gasteiger partial charge is 0.325 e. The predicted octanol–water partition coefficient (Wildman–Crippen LogP) is 7.62. The molecule has 4 saturated carbocycles. The van der Waals surface area contributed by atoms with E-state index in [0.717, 1.165) is 50.5 Å². The van der Waals surface area contributed by atoms with Gasteiger partial charge in [0.15, 0.2) is 5.78 Å². The van der Waals surface area contributed by atoms with Crippen molar-refractivity contribution in [2.45, 2.75) is 113 Å². The summed E-state index contributed by atoms with van der Waals surface area (Å²) in [6.07, 6.45) is 10.0. The zero-order valence-corrected chi connectivity index (χ0v) is 30.5. The number of nitrogens with one attached hydrogen (secondary N) is 1. The number of hydrogen-bond acceptors (Lipinski definition) is 6. The number of amides is 1. The summed E-state index contributed by atoms with van der Waals surface area (Å²) in [6, 6.07) is 9.86. The van der Waals surface area contributed by atoms with Crippen molar-refractivity contribution >= 4 is 23.6 Å². The average Bonchev–Trinajstić information content (AvgIpc) is 3.04. The second kappa shape index (κ2) is 11.8. The topological polar surface area (TPSA) is 98.8 Å². The van der Waals surface area contributed by atoms with E-state index >= 15 is 0 Å². The zero-order valence-electron chi connectivity index (χ0n) is 30.5.